The number of rotatable bonds is 2. The van der Waals surface area contributed by atoms with E-state index in [1.54, 1.807) is 12.1 Å². The largest absolute Gasteiger partial charge is 0.324 e. The van der Waals surface area contributed by atoms with E-state index in [1.165, 1.54) is 12.1 Å². The van der Waals surface area contributed by atoms with E-state index >= 15 is 0 Å². The molecule has 0 radical (unpaired) electrons. The first-order valence-electron chi connectivity index (χ1n) is 5.28. The molecule has 0 aliphatic heterocycles. The molecule has 1 nitrogen and oxygen atoms in total. The Bertz CT molecular complexity index is 457. The topological polar surface area (TPSA) is 26.0 Å². The predicted octanol–water partition coefficient (Wildman–Crippen LogP) is 3.51. The van der Waals surface area contributed by atoms with Crippen molar-refractivity contribution in [1.82, 2.24) is 0 Å². The van der Waals surface area contributed by atoms with E-state index in [4.69, 9.17) is 5.73 Å². The van der Waals surface area contributed by atoms with Gasteiger partial charge in [-0.05, 0) is 35.7 Å². The van der Waals surface area contributed by atoms with E-state index in [2.05, 4.69) is 0 Å². The SMILES string of the molecule is C[C@H](N)c1ccc(-c2ccc(F)cc2)cc1. The Morgan fingerprint density at radius 2 is 1.31 bits per heavy atom. The van der Waals surface area contributed by atoms with Crippen LogP contribution in [0, 0.1) is 5.82 Å². The van der Waals surface area contributed by atoms with Gasteiger partial charge in [0, 0.05) is 6.04 Å². The van der Waals surface area contributed by atoms with Crippen molar-refractivity contribution in [1.29, 1.82) is 0 Å². The van der Waals surface area contributed by atoms with Crippen molar-refractivity contribution in [2.45, 2.75) is 13.0 Å². The van der Waals surface area contributed by atoms with Crippen molar-refractivity contribution >= 4 is 0 Å². The molecule has 0 saturated heterocycles. The van der Waals surface area contributed by atoms with Crippen LogP contribution in [0.3, 0.4) is 0 Å². The summed E-state index contributed by atoms with van der Waals surface area (Å²) in [6.45, 7) is 1.95. The second-order valence-electron chi connectivity index (χ2n) is 3.92. The van der Waals surface area contributed by atoms with Crippen LogP contribution in [-0.2, 0) is 0 Å². The quantitative estimate of drug-likeness (QED) is 0.815. The molecule has 2 heteroatoms. The van der Waals surface area contributed by atoms with E-state index in [1.807, 2.05) is 31.2 Å². The first kappa shape index (κ1) is 10.8. The van der Waals surface area contributed by atoms with Crippen molar-refractivity contribution in [3.8, 4) is 11.1 Å². The van der Waals surface area contributed by atoms with Gasteiger partial charge in [-0.25, -0.2) is 4.39 Å². The van der Waals surface area contributed by atoms with E-state index < -0.39 is 0 Å². The summed E-state index contributed by atoms with van der Waals surface area (Å²) in [7, 11) is 0. The van der Waals surface area contributed by atoms with Gasteiger partial charge in [-0.1, -0.05) is 36.4 Å². The second-order valence-corrected chi connectivity index (χ2v) is 3.92. The van der Waals surface area contributed by atoms with Crippen molar-refractivity contribution in [2.75, 3.05) is 0 Å². The molecule has 16 heavy (non-hydrogen) atoms. The third-order valence-electron chi connectivity index (χ3n) is 2.61. The summed E-state index contributed by atoms with van der Waals surface area (Å²) in [4.78, 5) is 0. The van der Waals surface area contributed by atoms with Crippen molar-refractivity contribution < 1.29 is 4.39 Å². The van der Waals surface area contributed by atoms with Crippen LogP contribution in [0.4, 0.5) is 4.39 Å². The highest BCUT2D eigenvalue weighted by molar-refractivity contribution is 5.63. The van der Waals surface area contributed by atoms with Crippen LogP contribution in [0.25, 0.3) is 11.1 Å². The zero-order chi connectivity index (χ0) is 11.5. The van der Waals surface area contributed by atoms with Gasteiger partial charge in [-0.3, -0.25) is 0 Å². The minimum absolute atomic E-state index is 0.0438. The third kappa shape index (κ3) is 2.28. The summed E-state index contributed by atoms with van der Waals surface area (Å²) in [5, 5.41) is 0. The first-order chi connectivity index (χ1) is 7.66. The molecule has 2 aromatic rings. The molecule has 0 aliphatic carbocycles. The fourth-order valence-corrected chi connectivity index (χ4v) is 1.62. The lowest BCUT2D eigenvalue weighted by Gasteiger charge is -2.07. The molecule has 0 amide bonds. The molecule has 0 aliphatic rings. The van der Waals surface area contributed by atoms with Crippen molar-refractivity contribution in [3.05, 3.63) is 59.9 Å². The maximum absolute atomic E-state index is 12.8. The van der Waals surface area contributed by atoms with E-state index in [0.717, 1.165) is 16.7 Å². The van der Waals surface area contributed by atoms with Crippen LogP contribution in [-0.4, -0.2) is 0 Å². The van der Waals surface area contributed by atoms with Crippen LogP contribution in [0.15, 0.2) is 48.5 Å². The van der Waals surface area contributed by atoms with Gasteiger partial charge in [0.1, 0.15) is 5.82 Å². The average molecular weight is 215 g/mol. The lowest BCUT2D eigenvalue weighted by atomic mass is 10.0. The van der Waals surface area contributed by atoms with Gasteiger partial charge in [-0.15, -0.1) is 0 Å². The van der Waals surface area contributed by atoms with Crippen LogP contribution in [0.5, 0.6) is 0 Å². The first-order valence-corrected chi connectivity index (χ1v) is 5.28. The van der Waals surface area contributed by atoms with Gasteiger partial charge in [0.25, 0.3) is 0 Å². The Hall–Kier alpha value is -1.67. The molecule has 0 fully saturated rings. The van der Waals surface area contributed by atoms with Crippen LogP contribution in [0.2, 0.25) is 0 Å². The summed E-state index contributed by atoms with van der Waals surface area (Å²) >= 11 is 0. The van der Waals surface area contributed by atoms with Crippen LogP contribution in [0.1, 0.15) is 18.5 Å². The Labute approximate surface area is 94.7 Å². The third-order valence-corrected chi connectivity index (χ3v) is 2.61. The summed E-state index contributed by atoms with van der Waals surface area (Å²) in [6, 6.07) is 14.5. The van der Waals surface area contributed by atoms with Crippen LogP contribution >= 0.6 is 0 Å². The van der Waals surface area contributed by atoms with E-state index in [9.17, 15) is 4.39 Å². The fourth-order valence-electron chi connectivity index (χ4n) is 1.62. The normalized spacial score (nSPS) is 12.4. The molecule has 2 rings (SSSR count). The molecule has 82 valence electrons. The molecular weight excluding hydrogens is 201 g/mol. The van der Waals surface area contributed by atoms with Crippen molar-refractivity contribution in [3.63, 3.8) is 0 Å². The Kier molecular flexibility index (Phi) is 3.02. The minimum Gasteiger partial charge on any atom is -0.324 e. The second kappa shape index (κ2) is 4.45. The maximum Gasteiger partial charge on any atom is 0.123 e. The fraction of sp³-hybridized carbons (Fsp3) is 0.143. The summed E-state index contributed by atoms with van der Waals surface area (Å²) in [5.74, 6) is -0.212. The van der Waals surface area contributed by atoms with Crippen LogP contribution < -0.4 is 5.73 Å². The summed E-state index contributed by atoms with van der Waals surface area (Å²) < 4.78 is 12.8. The molecule has 0 bridgehead atoms. The van der Waals surface area contributed by atoms with Crippen molar-refractivity contribution in [2.24, 2.45) is 5.73 Å². The molecular formula is C14H14FN. The molecule has 0 spiro atoms. The van der Waals surface area contributed by atoms with Gasteiger partial charge in [0.15, 0.2) is 0 Å². The number of benzene rings is 2. The van der Waals surface area contributed by atoms with Gasteiger partial charge in [-0.2, -0.15) is 0 Å². The number of halogens is 1. The van der Waals surface area contributed by atoms with Gasteiger partial charge < -0.3 is 5.73 Å². The average Bonchev–Trinajstić information content (AvgIpc) is 2.30. The molecule has 2 aromatic carbocycles. The molecule has 0 unspecified atom stereocenters. The number of hydrogen-bond donors (Lipinski definition) is 1. The maximum atomic E-state index is 12.8. The number of hydrogen-bond acceptors (Lipinski definition) is 1. The lowest BCUT2D eigenvalue weighted by molar-refractivity contribution is 0.628. The highest BCUT2D eigenvalue weighted by Crippen LogP contribution is 2.21. The number of nitrogens with two attached hydrogens (primary N) is 1. The standard InChI is InChI=1S/C14H14FN/c1-10(16)11-2-4-12(5-3-11)13-6-8-14(15)9-7-13/h2-10H,16H2,1H3/t10-/m0/s1. The van der Waals surface area contributed by atoms with Gasteiger partial charge in [0.2, 0.25) is 0 Å². The molecule has 0 aromatic heterocycles. The predicted molar refractivity (Wildman–Crippen MR) is 64.4 cm³/mol. The zero-order valence-corrected chi connectivity index (χ0v) is 9.15. The molecule has 0 heterocycles. The molecule has 2 N–H and O–H groups in total. The smallest absolute Gasteiger partial charge is 0.123 e. The summed E-state index contributed by atoms with van der Waals surface area (Å²) in [5.41, 5.74) is 8.96. The van der Waals surface area contributed by atoms with Gasteiger partial charge >= 0.3 is 0 Å². The highest BCUT2D eigenvalue weighted by atomic mass is 19.1. The Morgan fingerprint density at radius 3 is 1.75 bits per heavy atom. The van der Waals surface area contributed by atoms with Gasteiger partial charge in [0.05, 0.1) is 0 Å². The summed E-state index contributed by atoms with van der Waals surface area (Å²) in [6.07, 6.45) is 0. The minimum atomic E-state index is -0.212. The van der Waals surface area contributed by atoms with E-state index in [0.29, 0.717) is 0 Å². The Morgan fingerprint density at radius 1 is 0.875 bits per heavy atom. The monoisotopic (exact) mass is 215 g/mol. The Balaban J connectivity index is 2.31. The zero-order valence-electron chi connectivity index (χ0n) is 9.15. The lowest BCUT2D eigenvalue weighted by Crippen LogP contribution is -2.04. The van der Waals surface area contributed by atoms with E-state index in [-0.39, 0.29) is 11.9 Å². The highest BCUT2D eigenvalue weighted by Gasteiger charge is 2.01. The molecule has 1 atom stereocenters. The molecule has 0 saturated carbocycles.